The number of hydrogen-bond acceptors (Lipinski definition) is 2. The standard InChI is InChI=1S/C9H8FNS.ClH/c10-8-2-1-3-9-7(8)4-6(5-11)12-9;/h1-4H,5,11H2;1H. The molecule has 2 rings (SSSR count). The van der Waals surface area contributed by atoms with Gasteiger partial charge in [-0.3, -0.25) is 0 Å². The lowest BCUT2D eigenvalue weighted by Gasteiger charge is -1.88. The molecule has 1 aromatic carbocycles. The zero-order chi connectivity index (χ0) is 8.55. The first-order chi connectivity index (χ1) is 5.81. The van der Waals surface area contributed by atoms with Gasteiger partial charge in [-0.15, -0.1) is 23.7 Å². The number of hydrogen-bond donors (Lipinski definition) is 1. The van der Waals surface area contributed by atoms with Crippen molar-refractivity contribution in [2.45, 2.75) is 6.54 Å². The third kappa shape index (κ3) is 1.82. The molecule has 0 unspecified atom stereocenters. The van der Waals surface area contributed by atoms with Crippen LogP contribution < -0.4 is 5.73 Å². The molecule has 1 aromatic heterocycles. The molecule has 0 atom stereocenters. The molecule has 70 valence electrons. The number of halogens is 2. The molecule has 0 saturated heterocycles. The van der Waals surface area contributed by atoms with Crippen LogP contribution in [0.4, 0.5) is 4.39 Å². The van der Waals surface area contributed by atoms with E-state index in [0.29, 0.717) is 11.9 Å². The van der Waals surface area contributed by atoms with Gasteiger partial charge in [0, 0.05) is 21.5 Å². The molecule has 0 saturated carbocycles. The molecular weight excluding hydrogens is 209 g/mol. The lowest BCUT2D eigenvalue weighted by atomic mass is 10.2. The predicted molar refractivity (Wildman–Crippen MR) is 56.9 cm³/mol. The van der Waals surface area contributed by atoms with Crippen molar-refractivity contribution in [1.29, 1.82) is 0 Å². The number of rotatable bonds is 1. The molecule has 13 heavy (non-hydrogen) atoms. The molecule has 2 aromatic rings. The van der Waals surface area contributed by atoms with E-state index >= 15 is 0 Å². The molecule has 0 aliphatic carbocycles. The van der Waals surface area contributed by atoms with Gasteiger partial charge < -0.3 is 5.73 Å². The molecule has 0 radical (unpaired) electrons. The first-order valence-corrected chi connectivity index (χ1v) is 4.50. The highest BCUT2D eigenvalue weighted by Gasteiger charge is 2.03. The summed E-state index contributed by atoms with van der Waals surface area (Å²) in [5.41, 5.74) is 5.45. The second-order valence-corrected chi connectivity index (χ2v) is 3.74. The van der Waals surface area contributed by atoms with Crippen molar-refractivity contribution < 1.29 is 4.39 Å². The second kappa shape index (κ2) is 4.05. The lowest BCUT2D eigenvalue weighted by Crippen LogP contribution is -1.91. The van der Waals surface area contributed by atoms with Crippen LogP contribution in [0.2, 0.25) is 0 Å². The molecule has 4 heteroatoms. The summed E-state index contributed by atoms with van der Waals surface area (Å²) in [5, 5.41) is 0.683. The normalized spacial score (nSPS) is 10.0. The first kappa shape index (κ1) is 10.4. The van der Waals surface area contributed by atoms with Crippen molar-refractivity contribution >= 4 is 33.8 Å². The van der Waals surface area contributed by atoms with E-state index in [9.17, 15) is 4.39 Å². The molecule has 0 bridgehead atoms. The van der Waals surface area contributed by atoms with E-state index in [0.717, 1.165) is 9.58 Å². The zero-order valence-electron chi connectivity index (χ0n) is 6.79. The van der Waals surface area contributed by atoms with Gasteiger partial charge in [0.15, 0.2) is 0 Å². The van der Waals surface area contributed by atoms with Gasteiger partial charge in [0.2, 0.25) is 0 Å². The summed E-state index contributed by atoms with van der Waals surface area (Å²) in [6, 6.07) is 6.90. The summed E-state index contributed by atoms with van der Waals surface area (Å²) in [5.74, 6) is -0.163. The second-order valence-electron chi connectivity index (χ2n) is 2.57. The SMILES string of the molecule is Cl.NCc1cc2c(F)cccc2s1. The van der Waals surface area contributed by atoms with Gasteiger partial charge in [-0.25, -0.2) is 4.39 Å². The molecule has 0 fully saturated rings. The van der Waals surface area contributed by atoms with Crippen LogP contribution in [0.15, 0.2) is 24.3 Å². The number of fused-ring (bicyclic) bond motifs is 1. The highest BCUT2D eigenvalue weighted by Crippen LogP contribution is 2.26. The summed E-state index contributed by atoms with van der Waals surface area (Å²) in [6.07, 6.45) is 0. The van der Waals surface area contributed by atoms with Crippen LogP contribution in [0.1, 0.15) is 4.88 Å². The number of nitrogens with two attached hydrogens (primary N) is 1. The Labute approximate surface area is 85.8 Å². The minimum absolute atomic E-state index is 0. The predicted octanol–water partition coefficient (Wildman–Crippen LogP) is 2.92. The molecule has 0 aliphatic rings. The third-order valence-electron chi connectivity index (χ3n) is 1.76. The fourth-order valence-electron chi connectivity index (χ4n) is 1.18. The van der Waals surface area contributed by atoms with E-state index in [-0.39, 0.29) is 18.2 Å². The molecule has 1 nitrogen and oxygen atoms in total. The Morgan fingerprint density at radius 2 is 2.15 bits per heavy atom. The Bertz CT molecular complexity index is 413. The highest BCUT2D eigenvalue weighted by molar-refractivity contribution is 7.19. The van der Waals surface area contributed by atoms with Gasteiger partial charge in [-0.2, -0.15) is 0 Å². The highest BCUT2D eigenvalue weighted by atomic mass is 35.5. The minimum atomic E-state index is -0.163. The van der Waals surface area contributed by atoms with Crippen molar-refractivity contribution in [2.24, 2.45) is 5.73 Å². The van der Waals surface area contributed by atoms with Crippen molar-refractivity contribution in [3.8, 4) is 0 Å². The average Bonchev–Trinajstić information content (AvgIpc) is 2.49. The van der Waals surface area contributed by atoms with Crippen LogP contribution >= 0.6 is 23.7 Å². The van der Waals surface area contributed by atoms with Gasteiger partial charge in [0.1, 0.15) is 5.82 Å². The largest absolute Gasteiger partial charge is 0.326 e. The maximum Gasteiger partial charge on any atom is 0.131 e. The van der Waals surface area contributed by atoms with Crippen molar-refractivity contribution in [1.82, 2.24) is 0 Å². The lowest BCUT2D eigenvalue weighted by molar-refractivity contribution is 0.640. The maximum atomic E-state index is 13.1. The summed E-state index contributed by atoms with van der Waals surface area (Å²) in [6.45, 7) is 0.485. The van der Waals surface area contributed by atoms with Gasteiger partial charge in [-0.05, 0) is 18.2 Å². The number of thiophene rings is 1. The van der Waals surface area contributed by atoms with Crippen LogP contribution in [0.3, 0.4) is 0 Å². The Hall–Kier alpha value is -0.640. The minimum Gasteiger partial charge on any atom is -0.326 e. The van der Waals surface area contributed by atoms with E-state index in [1.165, 1.54) is 6.07 Å². The molecular formula is C9H9ClFNS. The summed E-state index contributed by atoms with van der Waals surface area (Å²) in [7, 11) is 0. The van der Waals surface area contributed by atoms with Crippen LogP contribution in [0.25, 0.3) is 10.1 Å². The van der Waals surface area contributed by atoms with Crippen molar-refractivity contribution in [3.05, 3.63) is 35.0 Å². The molecule has 2 N–H and O–H groups in total. The maximum absolute atomic E-state index is 13.1. The van der Waals surface area contributed by atoms with Crippen molar-refractivity contribution in [3.63, 3.8) is 0 Å². The van der Waals surface area contributed by atoms with E-state index < -0.39 is 0 Å². The third-order valence-corrected chi connectivity index (χ3v) is 2.88. The summed E-state index contributed by atoms with van der Waals surface area (Å²) in [4.78, 5) is 1.02. The quantitative estimate of drug-likeness (QED) is 0.781. The molecule has 0 spiro atoms. The van der Waals surface area contributed by atoms with Gasteiger partial charge >= 0.3 is 0 Å². The van der Waals surface area contributed by atoms with E-state index in [2.05, 4.69) is 0 Å². The zero-order valence-corrected chi connectivity index (χ0v) is 8.42. The number of benzene rings is 1. The molecule has 0 amide bonds. The smallest absolute Gasteiger partial charge is 0.131 e. The monoisotopic (exact) mass is 217 g/mol. The van der Waals surface area contributed by atoms with Crippen LogP contribution in [0, 0.1) is 5.82 Å². The molecule has 0 aliphatic heterocycles. The van der Waals surface area contributed by atoms with Crippen molar-refractivity contribution in [2.75, 3.05) is 0 Å². The topological polar surface area (TPSA) is 26.0 Å². The summed E-state index contributed by atoms with van der Waals surface area (Å²) < 4.78 is 14.1. The summed E-state index contributed by atoms with van der Waals surface area (Å²) >= 11 is 1.55. The molecule has 1 heterocycles. The average molecular weight is 218 g/mol. The van der Waals surface area contributed by atoms with Crippen LogP contribution in [0.5, 0.6) is 0 Å². The first-order valence-electron chi connectivity index (χ1n) is 3.68. The van der Waals surface area contributed by atoms with Gasteiger partial charge in [0.05, 0.1) is 0 Å². The Morgan fingerprint density at radius 1 is 1.38 bits per heavy atom. The van der Waals surface area contributed by atoms with Gasteiger partial charge in [-0.1, -0.05) is 6.07 Å². The Morgan fingerprint density at radius 3 is 2.77 bits per heavy atom. The van der Waals surface area contributed by atoms with E-state index in [4.69, 9.17) is 5.73 Å². The fourth-order valence-corrected chi connectivity index (χ4v) is 2.13. The fraction of sp³-hybridized carbons (Fsp3) is 0.111. The van der Waals surface area contributed by atoms with Crippen LogP contribution in [-0.4, -0.2) is 0 Å². The Balaban J connectivity index is 0.000000845. The van der Waals surface area contributed by atoms with Crippen LogP contribution in [-0.2, 0) is 6.54 Å². The Kier molecular flexibility index (Phi) is 3.25. The van der Waals surface area contributed by atoms with E-state index in [1.54, 1.807) is 17.4 Å². The van der Waals surface area contributed by atoms with E-state index in [1.807, 2.05) is 12.1 Å². The van der Waals surface area contributed by atoms with Gasteiger partial charge in [0.25, 0.3) is 0 Å².